The van der Waals surface area contributed by atoms with Gasteiger partial charge in [-0.25, -0.2) is 0 Å². The summed E-state index contributed by atoms with van der Waals surface area (Å²) in [5.74, 6) is 0. The second-order valence-corrected chi connectivity index (χ2v) is 3.44. The van der Waals surface area contributed by atoms with Gasteiger partial charge in [-0.2, -0.15) is 0 Å². The van der Waals surface area contributed by atoms with Crippen LogP contribution in [0.3, 0.4) is 0 Å². The van der Waals surface area contributed by atoms with Crippen LogP contribution in [0.2, 0.25) is 0 Å². The molecule has 0 radical (unpaired) electrons. The number of rotatable bonds is 2. The Labute approximate surface area is 90.1 Å². The molecule has 0 bridgehead atoms. The normalized spacial score (nSPS) is 9.93. The van der Waals surface area contributed by atoms with E-state index in [1.54, 1.807) is 6.08 Å². The lowest BCUT2D eigenvalue weighted by Gasteiger charge is -2.07. The lowest BCUT2D eigenvalue weighted by atomic mass is 10.0. The fourth-order valence-electron chi connectivity index (χ4n) is 1.69. The summed E-state index contributed by atoms with van der Waals surface area (Å²) < 4.78 is 0. The molecule has 0 atom stereocenters. The molecule has 15 heavy (non-hydrogen) atoms. The maximum Gasteiger partial charge on any atom is 0.0659 e. The van der Waals surface area contributed by atoms with E-state index in [9.17, 15) is 0 Å². The zero-order chi connectivity index (χ0) is 10.7. The van der Waals surface area contributed by atoms with E-state index in [0.717, 1.165) is 5.69 Å². The van der Waals surface area contributed by atoms with Crippen LogP contribution in [0.15, 0.2) is 49.2 Å². The topological polar surface area (TPSA) is 12.9 Å². The summed E-state index contributed by atoms with van der Waals surface area (Å²) in [7, 11) is 0. The molecule has 0 N–H and O–H groups in total. The summed E-state index contributed by atoms with van der Waals surface area (Å²) in [6, 6.07) is 12.4. The van der Waals surface area contributed by atoms with Crippen molar-refractivity contribution in [1.29, 1.82) is 0 Å². The number of benzene rings is 1. The zero-order valence-electron chi connectivity index (χ0n) is 8.77. The van der Waals surface area contributed by atoms with Crippen molar-refractivity contribution in [2.45, 2.75) is 6.92 Å². The molecule has 2 rings (SSSR count). The standard InChI is InChI=1S/C14H13N/c1-3-14-11(2)13(9-10-15-14)12-7-5-4-6-8-12/h3-10H,1H2,2H3. The summed E-state index contributed by atoms with van der Waals surface area (Å²) >= 11 is 0. The van der Waals surface area contributed by atoms with Crippen molar-refractivity contribution in [3.8, 4) is 11.1 Å². The molecule has 0 amide bonds. The summed E-state index contributed by atoms with van der Waals surface area (Å²) in [6.45, 7) is 5.84. The van der Waals surface area contributed by atoms with Crippen LogP contribution in [0.5, 0.6) is 0 Å². The second kappa shape index (κ2) is 4.09. The van der Waals surface area contributed by atoms with Crippen molar-refractivity contribution < 1.29 is 0 Å². The Morgan fingerprint density at radius 1 is 1.13 bits per heavy atom. The third-order valence-electron chi connectivity index (χ3n) is 2.52. The molecule has 1 aromatic heterocycles. The zero-order valence-corrected chi connectivity index (χ0v) is 8.77. The molecule has 74 valence electrons. The Balaban J connectivity index is 2.59. The van der Waals surface area contributed by atoms with E-state index in [4.69, 9.17) is 0 Å². The van der Waals surface area contributed by atoms with E-state index in [1.807, 2.05) is 30.5 Å². The number of nitrogens with zero attached hydrogens (tertiary/aromatic N) is 1. The van der Waals surface area contributed by atoms with Gasteiger partial charge in [0.2, 0.25) is 0 Å². The predicted molar refractivity (Wildman–Crippen MR) is 64.5 cm³/mol. The van der Waals surface area contributed by atoms with Crippen LogP contribution in [-0.4, -0.2) is 4.98 Å². The van der Waals surface area contributed by atoms with Crippen LogP contribution in [0.1, 0.15) is 11.3 Å². The Kier molecular flexibility index (Phi) is 2.64. The molecule has 0 aliphatic heterocycles. The molecule has 1 heterocycles. The number of hydrogen-bond acceptors (Lipinski definition) is 1. The summed E-state index contributed by atoms with van der Waals surface area (Å²) in [4.78, 5) is 4.26. The smallest absolute Gasteiger partial charge is 0.0659 e. The van der Waals surface area contributed by atoms with Crippen LogP contribution in [-0.2, 0) is 0 Å². The van der Waals surface area contributed by atoms with E-state index in [1.165, 1.54) is 16.7 Å². The molecule has 0 fully saturated rings. The van der Waals surface area contributed by atoms with Crippen LogP contribution >= 0.6 is 0 Å². The lowest BCUT2D eigenvalue weighted by Crippen LogP contribution is -1.90. The lowest BCUT2D eigenvalue weighted by molar-refractivity contribution is 1.24. The van der Waals surface area contributed by atoms with Crippen molar-refractivity contribution in [2.24, 2.45) is 0 Å². The fraction of sp³-hybridized carbons (Fsp3) is 0.0714. The first-order chi connectivity index (χ1) is 7.33. The first kappa shape index (κ1) is 9.66. The van der Waals surface area contributed by atoms with Crippen molar-refractivity contribution in [3.63, 3.8) is 0 Å². The van der Waals surface area contributed by atoms with Gasteiger partial charge in [0.15, 0.2) is 0 Å². The van der Waals surface area contributed by atoms with Crippen molar-refractivity contribution >= 4 is 6.08 Å². The van der Waals surface area contributed by atoms with Gasteiger partial charge in [-0.3, -0.25) is 4.98 Å². The molecule has 0 saturated heterocycles. The second-order valence-electron chi connectivity index (χ2n) is 3.44. The minimum atomic E-state index is 0.955. The highest BCUT2D eigenvalue weighted by Crippen LogP contribution is 2.24. The number of aromatic nitrogens is 1. The molecule has 0 saturated carbocycles. The molecule has 0 aliphatic carbocycles. The third-order valence-corrected chi connectivity index (χ3v) is 2.52. The highest BCUT2D eigenvalue weighted by molar-refractivity contribution is 5.70. The number of hydrogen-bond donors (Lipinski definition) is 0. The highest BCUT2D eigenvalue weighted by Gasteiger charge is 2.03. The third kappa shape index (κ3) is 1.82. The molecule has 0 spiro atoms. The van der Waals surface area contributed by atoms with Crippen LogP contribution < -0.4 is 0 Å². The maximum atomic E-state index is 4.26. The molecular weight excluding hydrogens is 182 g/mol. The van der Waals surface area contributed by atoms with Crippen molar-refractivity contribution in [1.82, 2.24) is 4.98 Å². The number of pyridine rings is 1. The van der Waals surface area contributed by atoms with Crippen LogP contribution in [0, 0.1) is 6.92 Å². The highest BCUT2D eigenvalue weighted by atomic mass is 14.7. The molecule has 1 aromatic carbocycles. The maximum absolute atomic E-state index is 4.26. The van der Waals surface area contributed by atoms with Gasteiger partial charge in [0.1, 0.15) is 0 Å². The van der Waals surface area contributed by atoms with Crippen LogP contribution in [0.25, 0.3) is 17.2 Å². The summed E-state index contributed by atoms with van der Waals surface area (Å²) in [5, 5.41) is 0. The van der Waals surface area contributed by atoms with Gasteiger partial charge in [0.25, 0.3) is 0 Å². The van der Waals surface area contributed by atoms with Gasteiger partial charge in [0, 0.05) is 6.20 Å². The van der Waals surface area contributed by atoms with E-state index in [-0.39, 0.29) is 0 Å². The van der Waals surface area contributed by atoms with Gasteiger partial charge >= 0.3 is 0 Å². The van der Waals surface area contributed by atoms with Gasteiger partial charge in [0.05, 0.1) is 5.69 Å². The Morgan fingerprint density at radius 2 is 1.87 bits per heavy atom. The minimum absolute atomic E-state index is 0.955. The Bertz CT molecular complexity index is 472. The van der Waals surface area contributed by atoms with Crippen molar-refractivity contribution in [3.05, 3.63) is 60.4 Å². The summed E-state index contributed by atoms with van der Waals surface area (Å²) in [5.41, 5.74) is 4.58. The first-order valence-corrected chi connectivity index (χ1v) is 4.96. The molecule has 1 nitrogen and oxygen atoms in total. The van der Waals surface area contributed by atoms with Gasteiger partial charge in [-0.05, 0) is 35.8 Å². The van der Waals surface area contributed by atoms with E-state index >= 15 is 0 Å². The molecule has 0 unspecified atom stereocenters. The molecule has 0 aliphatic rings. The average molecular weight is 195 g/mol. The van der Waals surface area contributed by atoms with Crippen LogP contribution in [0.4, 0.5) is 0 Å². The monoisotopic (exact) mass is 195 g/mol. The van der Waals surface area contributed by atoms with E-state index in [0.29, 0.717) is 0 Å². The summed E-state index contributed by atoms with van der Waals surface area (Å²) in [6.07, 6.45) is 3.62. The Morgan fingerprint density at radius 3 is 2.53 bits per heavy atom. The average Bonchev–Trinajstić information content (AvgIpc) is 2.30. The van der Waals surface area contributed by atoms with Gasteiger partial charge < -0.3 is 0 Å². The fourth-order valence-corrected chi connectivity index (χ4v) is 1.69. The van der Waals surface area contributed by atoms with Crippen molar-refractivity contribution in [2.75, 3.05) is 0 Å². The molecular formula is C14H13N. The van der Waals surface area contributed by atoms with E-state index in [2.05, 4.69) is 30.6 Å². The SMILES string of the molecule is C=Cc1nccc(-c2ccccc2)c1C. The van der Waals surface area contributed by atoms with Gasteiger partial charge in [-0.15, -0.1) is 0 Å². The Hall–Kier alpha value is -1.89. The quantitative estimate of drug-likeness (QED) is 0.712. The van der Waals surface area contributed by atoms with E-state index < -0.39 is 0 Å². The molecule has 1 heteroatoms. The largest absolute Gasteiger partial charge is 0.257 e. The molecule has 2 aromatic rings. The predicted octanol–water partition coefficient (Wildman–Crippen LogP) is 3.70. The minimum Gasteiger partial charge on any atom is -0.257 e. The van der Waals surface area contributed by atoms with Gasteiger partial charge in [-0.1, -0.05) is 36.9 Å². The first-order valence-electron chi connectivity index (χ1n) is 4.96.